The van der Waals surface area contributed by atoms with Gasteiger partial charge in [0.1, 0.15) is 5.37 Å². The van der Waals surface area contributed by atoms with Crippen LogP contribution in [-0.4, -0.2) is 37.6 Å². The third-order valence-electron chi connectivity index (χ3n) is 3.63. The van der Waals surface area contributed by atoms with Crippen molar-refractivity contribution in [3.63, 3.8) is 0 Å². The van der Waals surface area contributed by atoms with Gasteiger partial charge in [-0.3, -0.25) is 0 Å². The zero-order valence-corrected chi connectivity index (χ0v) is 14.2. The van der Waals surface area contributed by atoms with Gasteiger partial charge >= 0.3 is 0 Å². The molecule has 6 heteroatoms. The highest BCUT2D eigenvalue weighted by Gasteiger charge is 2.33. The lowest BCUT2D eigenvalue weighted by atomic mass is 10.1. The molecule has 0 bridgehead atoms. The Kier molecular flexibility index (Phi) is 5.26. The molecule has 1 aromatic rings. The number of nitrogens with zero attached hydrogens (tertiary/aromatic N) is 1. The Balaban J connectivity index is 2.38. The highest BCUT2D eigenvalue weighted by molar-refractivity contribution is 8.01. The van der Waals surface area contributed by atoms with E-state index >= 15 is 0 Å². The molecule has 0 aromatic heterocycles. The number of alkyl halides is 1. The number of aryl methyl sites for hydroxylation is 1. The lowest BCUT2D eigenvalue weighted by molar-refractivity contribution is 0.579. The maximum absolute atomic E-state index is 12.3. The minimum Gasteiger partial charge on any atom is -0.353 e. The molecule has 0 spiro atoms. The van der Waals surface area contributed by atoms with Gasteiger partial charge in [-0.15, -0.1) is 11.6 Å². The van der Waals surface area contributed by atoms with E-state index in [1.54, 1.807) is 18.7 Å². The summed E-state index contributed by atoms with van der Waals surface area (Å²) in [6.45, 7) is 4.51. The van der Waals surface area contributed by atoms with Crippen LogP contribution < -0.4 is 4.90 Å². The van der Waals surface area contributed by atoms with Crippen LogP contribution in [0.25, 0.3) is 0 Å². The second-order valence-corrected chi connectivity index (χ2v) is 8.79. The van der Waals surface area contributed by atoms with Crippen molar-refractivity contribution in [1.29, 1.82) is 0 Å². The molecule has 20 heavy (non-hydrogen) atoms. The number of rotatable bonds is 4. The van der Waals surface area contributed by atoms with Crippen molar-refractivity contribution in [1.82, 2.24) is 0 Å². The Morgan fingerprint density at radius 3 is 2.80 bits per heavy atom. The van der Waals surface area contributed by atoms with E-state index < -0.39 is 15.2 Å². The van der Waals surface area contributed by atoms with Gasteiger partial charge in [0.25, 0.3) is 0 Å². The standard InChI is InChI=1S/C14H20ClNO2S2/c1-3-20(17,18)14-10-19-7-6-16(14)13-5-4-12(9-15)8-11(13)2/h4-5,8,14H,3,6-7,9-10H2,1-2H3. The average Bonchev–Trinajstić information content (AvgIpc) is 2.47. The number of thioether (sulfide) groups is 1. The topological polar surface area (TPSA) is 37.4 Å². The van der Waals surface area contributed by atoms with Crippen LogP contribution in [-0.2, 0) is 15.7 Å². The Labute approximate surface area is 130 Å². The lowest BCUT2D eigenvalue weighted by Gasteiger charge is -2.37. The summed E-state index contributed by atoms with van der Waals surface area (Å²) in [5, 5.41) is -0.410. The van der Waals surface area contributed by atoms with Crippen LogP contribution in [0.5, 0.6) is 0 Å². The van der Waals surface area contributed by atoms with Gasteiger partial charge in [-0.25, -0.2) is 8.42 Å². The van der Waals surface area contributed by atoms with Crippen LogP contribution in [0, 0.1) is 6.92 Å². The van der Waals surface area contributed by atoms with Crippen molar-refractivity contribution in [2.45, 2.75) is 25.1 Å². The smallest absolute Gasteiger partial charge is 0.171 e. The molecule has 3 nitrogen and oxygen atoms in total. The summed E-state index contributed by atoms with van der Waals surface area (Å²) in [7, 11) is -3.07. The van der Waals surface area contributed by atoms with Crippen molar-refractivity contribution in [2.24, 2.45) is 0 Å². The Morgan fingerprint density at radius 2 is 2.20 bits per heavy atom. The quantitative estimate of drug-likeness (QED) is 0.794. The van der Waals surface area contributed by atoms with Crippen LogP contribution in [0.1, 0.15) is 18.1 Å². The third-order valence-corrected chi connectivity index (χ3v) is 7.22. The predicted octanol–water partition coefficient (Wildman–Crippen LogP) is 3.05. The molecule has 1 aliphatic rings. The predicted molar refractivity (Wildman–Crippen MR) is 88.7 cm³/mol. The van der Waals surface area contributed by atoms with Gasteiger partial charge in [-0.2, -0.15) is 11.8 Å². The molecule has 112 valence electrons. The zero-order valence-electron chi connectivity index (χ0n) is 11.8. The number of halogens is 1. The maximum atomic E-state index is 12.3. The van der Waals surface area contributed by atoms with Gasteiger partial charge in [0.05, 0.1) is 0 Å². The van der Waals surface area contributed by atoms with E-state index in [1.165, 1.54) is 0 Å². The first-order valence-electron chi connectivity index (χ1n) is 6.71. The van der Waals surface area contributed by atoms with E-state index in [-0.39, 0.29) is 5.75 Å². The van der Waals surface area contributed by atoms with E-state index in [4.69, 9.17) is 11.6 Å². The van der Waals surface area contributed by atoms with Crippen LogP contribution in [0.15, 0.2) is 18.2 Å². The number of benzene rings is 1. The molecule has 0 N–H and O–H groups in total. The second-order valence-electron chi connectivity index (χ2n) is 4.93. The summed E-state index contributed by atoms with van der Waals surface area (Å²) >= 11 is 7.56. The molecule has 0 saturated carbocycles. The highest BCUT2D eigenvalue weighted by Crippen LogP contribution is 2.30. The van der Waals surface area contributed by atoms with E-state index in [0.717, 1.165) is 29.1 Å². The summed E-state index contributed by atoms with van der Waals surface area (Å²) in [5.41, 5.74) is 3.17. The van der Waals surface area contributed by atoms with E-state index in [9.17, 15) is 8.42 Å². The van der Waals surface area contributed by atoms with Crippen LogP contribution in [0.3, 0.4) is 0 Å². The van der Waals surface area contributed by atoms with Gasteiger partial charge in [0.2, 0.25) is 0 Å². The Hall–Kier alpha value is -0.390. The van der Waals surface area contributed by atoms with E-state index in [1.807, 2.05) is 30.0 Å². The van der Waals surface area contributed by atoms with Crippen molar-refractivity contribution in [3.8, 4) is 0 Å². The van der Waals surface area contributed by atoms with Crippen LogP contribution in [0.2, 0.25) is 0 Å². The Bertz CT molecular complexity index is 575. The average molecular weight is 334 g/mol. The molecule has 2 rings (SSSR count). The van der Waals surface area contributed by atoms with E-state index in [2.05, 4.69) is 0 Å². The monoisotopic (exact) mass is 333 g/mol. The molecule has 0 radical (unpaired) electrons. The normalized spacial score (nSPS) is 20.1. The number of sulfone groups is 1. The fourth-order valence-electron chi connectivity index (χ4n) is 2.47. The molecule has 0 aliphatic carbocycles. The summed E-state index contributed by atoms with van der Waals surface area (Å²) in [6, 6.07) is 6.02. The third kappa shape index (κ3) is 3.26. The molecule has 1 atom stereocenters. The minimum absolute atomic E-state index is 0.188. The molecule has 1 aromatic carbocycles. The zero-order chi connectivity index (χ0) is 14.8. The maximum Gasteiger partial charge on any atom is 0.171 e. The molecule has 1 saturated heterocycles. The van der Waals surface area contributed by atoms with Crippen molar-refractivity contribution >= 4 is 38.9 Å². The molecule has 0 amide bonds. The van der Waals surface area contributed by atoms with Gasteiger partial charge in [0, 0.05) is 35.4 Å². The van der Waals surface area contributed by atoms with Crippen molar-refractivity contribution in [3.05, 3.63) is 29.3 Å². The number of hydrogen-bond donors (Lipinski definition) is 0. The number of hydrogen-bond acceptors (Lipinski definition) is 4. The molecule has 1 aliphatic heterocycles. The fraction of sp³-hybridized carbons (Fsp3) is 0.571. The van der Waals surface area contributed by atoms with Gasteiger partial charge < -0.3 is 4.90 Å². The van der Waals surface area contributed by atoms with Crippen LogP contribution in [0.4, 0.5) is 5.69 Å². The summed E-state index contributed by atoms with van der Waals surface area (Å²) in [4.78, 5) is 2.04. The number of anilines is 1. The molecule has 1 fully saturated rings. The second kappa shape index (κ2) is 6.58. The lowest BCUT2D eigenvalue weighted by Crippen LogP contribution is -2.48. The summed E-state index contributed by atoms with van der Waals surface area (Å²) in [5.74, 6) is 2.28. The molecule has 1 unspecified atom stereocenters. The van der Waals surface area contributed by atoms with Gasteiger partial charge in [-0.1, -0.05) is 19.1 Å². The van der Waals surface area contributed by atoms with Crippen molar-refractivity contribution < 1.29 is 8.42 Å². The van der Waals surface area contributed by atoms with Gasteiger partial charge in [0.15, 0.2) is 9.84 Å². The molecular formula is C14H20ClNO2S2. The molecule has 1 heterocycles. The van der Waals surface area contributed by atoms with E-state index in [0.29, 0.717) is 11.6 Å². The first-order chi connectivity index (χ1) is 9.49. The Morgan fingerprint density at radius 1 is 1.45 bits per heavy atom. The molecular weight excluding hydrogens is 314 g/mol. The van der Waals surface area contributed by atoms with Crippen LogP contribution >= 0.6 is 23.4 Å². The first kappa shape index (κ1) is 16.0. The minimum atomic E-state index is -3.07. The van der Waals surface area contributed by atoms with Crippen molar-refractivity contribution in [2.75, 3.05) is 28.7 Å². The largest absolute Gasteiger partial charge is 0.353 e. The summed E-state index contributed by atoms with van der Waals surface area (Å²) in [6.07, 6.45) is 0. The summed E-state index contributed by atoms with van der Waals surface area (Å²) < 4.78 is 24.6. The highest BCUT2D eigenvalue weighted by atomic mass is 35.5. The van der Waals surface area contributed by atoms with Gasteiger partial charge in [-0.05, 0) is 24.1 Å². The SMILES string of the molecule is CCS(=O)(=O)C1CSCCN1c1ccc(CCl)cc1C. The fourth-order valence-corrected chi connectivity index (χ4v) is 5.62. The first-order valence-corrected chi connectivity index (χ1v) is 10.1.